The van der Waals surface area contributed by atoms with Gasteiger partial charge in [-0.05, 0) is 42.5 Å². The lowest BCUT2D eigenvalue weighted by atomic mass is 10.1. The molecule has 0 radical (unpaired) electrons. The lowest BCUT2D eigenvalue weighted by Gasteiger charge is -2.11. The molecule has 162 valence electrons. The minimum atomic E-state index is -0.409. The standard InChI is InChI=1S/C21H21N3O5S2/c1-26-13-6-7-14(17(10-13)28-3)19(25)23-20(30)24-21-22-15(11-31-21)12-5-8-16(27-2)18(9-12)29-4/h5-11H,1-4H3,(H2,22,23,24,25,30). The zero-order chi connectivity index (χ0) is 22.4. The molecule has 0 fully saturated rings. The van der Waals surface area contributed by atoms with Crippen LogP contribution in [0, 0.1) is 0 Å². The highest BCUT2D eigenvalue weighted by molar-refractivity contribution is 7.80. The maximum atomic E-state index is 12.6. The first kappa shape index (κ1) is 22.3. The third-order valence-corrected chi connectivity index (χ3v) is 5.25. The second kappa shape index (κ2) is 10.1. The lowest BCUT2D eigenvalue weighted by molar-refractivity contribution is 0.0974. The highest BCUT2D eigenvalue weighted by Gasteiger charge is 2.16. The van der Waals surface area contributed by atoms with Crippen molar-refractivity contribution in [3.8, 4) is 34.3 Å². The molecule has 10 heteroatoms. The number of hydrogen-bond donors (Lipinski definition) is 2. The van der Waals surface area contributed by atoms with Gasteiger partial charge in [0.2, 0.25) is 0 Å². The minimum Gasteiger partial charge on any atom is -0.497 e. The van der Waals surface area contributed by atoms with Crippen molar-refractivity contribution < 1.29 is 23.7 Å². The van der Waals surface area contributed by atoms with Gasteiger partial charge < -0.3 is 24.3 Å². The number of nitrogens with one attached hydrogen (secondary N) is 2. The molecule has 0 unspecified atom stereocenters. The minimum absolute atomic E-state index is 0.121. The summed E-state index contributed by atoms with van der Waals surface area (Å²) in [6.45, 7) is 0. The van der Waals surface area contributed by atoms with E-state index < -0.39 is 5.91 Å². The average Bonchev–Trinajstić information content (AvgIpc) is 3.26. The number of methoxy groups -OCH3 is 4. The van der Waals surface area contributed by atoms with E-state index in [1.54, 1.807) is 32.4 Å². The summed E-state index contributed by atoms with van der Waals surface area (Å²) in [5, 5.41) is 8.09. The second-order valence-corrected chi connectivity index (χ2v) is 7.35. The maximum Gasteiger partial charge on any atom is 0.261 e. The van der Waals surface area contributed by atoms with Gasteiger partial charge in [0.1, 0.15) is 11.5 Å². The van der Waals surface area contributed by atoms with Crippen LogP contribution in [-0.4, -0.2) is 44.4 Å². The quantitative estimate of drug-likeness (QED) is 0.513. The molecule has 0 bridgehead atoms. The monoisotopic (exact) mass is 459 g/mol. The summed E-state index contributed by atoms with van der Waals surface area (Å²) in [6, 6.07) is 10.4. The summed E-state index contributed by atoms with van der Waals surface area (Å²) in [4.78, 5) is 17.1. The zero-order valence-electron chi connectivity index (χ0n) is 17.3. The topological polar surface area (TPSA) is 90.9 Å². The molecule has 0 aliphatic carbocycles. The van der Waals surface area contributed by atoms with E-state index in [0.717, 1.165) is 11.3 Å². The summed E-state index contributed by atoms with van der Waals surface area (Å²) < 4.78 is 21.0. The number of nitrogens with zero attached hydrogens (tertiary/aromatic N) is 1. The first-order valence-electron chi connectivity index (χ1n) is 9.01. The summed E-state index contributed by atoms with van der Waals surface area (Å²) in [5.41, 5.74) is 1.93. The number of carbonyl (C=O) groups is 1. The highest BCUT2D eigenvalue weighted by atomic mass is 32.1. The molecule has 8 nitrogen and oxygen atoms in total. The number of amides is 1. The van der Waals surface area contributed by atoms with Crippen LogP contribution in [0.15, 0.2) is 41.8 Å². The van der Waals surface area contributed by atoms with Gasteiger partial charge in [-0.1, -0.05) is 0 Å². The predicted octanol–water partition coefficient (Wildman–Crippen LogP) is 3.97. The van der Waals surface area contributed by atoms with Crippen LogP contribution < -0.4 is 29.6 Å². The van der Waals surface area contributed by atoms with Gasteiger partial charge >= 0.3 is 0 Å². The van der Waals surface area contributed by atoms with Gasteiger partial charge in [0.05, 0.1) is 39.7 Å². The van der Waals surface area contributed by atoms with Crippen LogP contribution >= 0.6 is 23.6 Å². The van der Waals surface area contributed by atoms with Crippen LogP contribution in [0.2, 0.25) is 0 Å². The van der Waals surface area contributed by atoms with Crippen LogP contribution in [0.3, 0.4) is 0 Å². The van der Waals surface area contributed by atoms with Crippen molar-refractivity contribution in [3.05, 3.63) is 47.3 Å². The first-order chi connectivity index (χ1) is 15.0. The molecule has 2 aromatic carbocycles. The van der Waals surface area contributed by atoms with Crippen LogP contribution in [0.25, 0.3) is 11.3 Å². The Balaban J connectivity index is 1.68. The Morgan fingerprint density at radius 1 is 0.935 bits per heavy atom. The van der Waals surface area contributed by atoms with E-state index in [4.69, 9.17) is 31.2 Å². The van der Waals surface area contributed by atoms with Crippen molar-refractivity contribution in [2.24, 2.45) is 0 Å². The average molecular weight is 460 g/mol. The molecule has 31 heavy (non-hydrogen) atoms. The highest BCUT2D eigenvalue weighted by Crippen LogP contribution is 2.33. The normalized spacial score (nSPS) is 10.2. The van der Waals surface area contributed by atoms with Gasteiger partial charge in [0, 0.05) is 17.0 Å². The molecule has 0 saturated heterocycles. The van der Waals surface area contributed by atoms with Crippen LogP contribution in [0.1, 0.15) is 10.4 Å². The molecule has 3 aromatic rings. The molecule has 1 amide bonds. The number of carbonyl (C=O) groups excluding carboxylic acids is 1. The van der Waals surface area contributed by atoms with Crippen LogP contribution in [-0.2, 0) is 0 Å². The zero-order valence-corrected chi connectivity index (χ0v) is 19.0. The Morgan fingerprint density at radius 3 is 2.35 bits per heavy atom. The van der Waals surface area contributed by atoms with Crippen LogP contribution in [0.4, 0.5) is 5.13 Å². The van der Waals surface area contributed by atoms with Gasteiger partial charge in [0.15, 0.2) is 21.7 Å². The molecule has 3 rings (SSSR count). The third kappa shape index (κ3) is 5.22. The van der Waals surface area contributed by atoms with Crippen molar-refractivity contribution in [2.75, 3.05) is 33.8 Å². The van der Waals surface area contributed by atoms with E-state index in [2.05, 4.69) is 15.6 Å². The van der Waals surface area contributed by atoms with Crippen molar-refractivity contribution in [2.45, 2.75) is 0 Å². The first-order valence-corrected chi connectivity index (χ1v) is 10.3. The van der Waals surface area contributed by atoms with E-state index in [9.17, 15) is 4.79 Å². The fourth-order valence-electron chi connectivity index (χ4n) is 2.74. The number of rotatable bonds is 7. The van der Waals surface area contributed by atoms with Crippen molar-refractivity contribution in [3.63, 3.8) is 0 Å². The van der Waals surface area contributed by atoms with Gasteiger partial charge in [-0.3, -0.25) is 10.1 Å². The molecule has 0 aliphatic heterocycles. The van der Waals surface area contributed by atoms with Gasteiger partial charge in [-0.25, -0.2) is 4.98 Å². The number of ether oxygens (including phenoxy) is 4. The number of anilines is 1. The number of aromatic nitrogens is 1. The van der Waals surface area contributed by atoms with Crippen molar-refractivity contribution in [1.82, 2.24) is 10.3 Å². The molecule has 1 aromatic heterocycles. The SMILES string of the molecule is COc1ccc(C(=O)NC(=S)Nc2nc(-c3ccc(OC)c(OC)c3)cs2)c(OC)c1. The van der Waals surface area contributed by atoms with Crippen LogP contribution in [0.5, 0.6) is 23.0 Å². The van der Waals surface area contributed by atoms with Gasteiger partial charge in [0.25, 0.3) is 5.91 Å². The molecule has 0 atom stereocenters. The Morgan fingerprint density at radius 2 is 1.68 bits per heavy atom. The predicted molar refractivity (Wildman–Crippen MR) is 124 cm³/mol. The number of thiazole rings is 1. The summed E-state index contributed by atoms with van der Waals surface area (Å²) in [5.74, 6) is 1.80. The summed E-state index contributed by atoms with van der Waals surface area (Å²) in [6.07, 6.45) is 0. The molecular weight excluding hydrogens is 438 g/mol. The molecule has 0 aliphatic rings. The molecule has 1 heterocycles. The number of benzene rings is 2. The smallest absolute Gasteiger partial charge is 0.261 e. The third-order valence-electron chi connectivity index (χ3n) is 4.28. The Hall–Kier alpha value is -3.37. The molecule has 2 N–H and O–H groups in total. The second-order valence-electron chi connectivity index (χ2n) is 6.08. The van der Waals surface area contributed by atoms with E-state index in [0.29, 0.717) is 33.7 Å². The Kier molecular flexibility index (Phi) is 7.27. The van der Waals surface area contributed by atoms with Gasteiger partial charge in [-0.2, -0.15) is 0 Å². The molecule has 0 saturated carbocycles. The Labute approximate surface area is 189 Å². The fraction of sp³-hybridized carbons (Fsp3) is 0.190. The van der Waals surface area contributed by atoms with Crippen molar-refractivity contribution >= 4 is 39.7 Å². The summed E-state index contributed by atoms with van der Waals surface area (Å²) >= 11 is 6.62. The van der Waals surface area contributed by atoms with Gasteiger partial charge in [-0.15, -0.1) is 11.3 Å². The maximum absolute atomic E-state index is 12.6. The number of hydrogen-bond acceptors (Lipinski definition) is 8. The van der Waals surface area contributed by atoms with E-state index in [1.165, 1.54) is 25.6 Å². The van der Waals surface area contributed by atoms with E-state index >= 15 is 0 Å². The largest absolute Gasteiger partial charge is 0.497 e. The van der Waals surface area contributed by atoms with Crippen molar-refractivity contribution in [1.29, 1.82) is 0 Å². The van der Waals surface area contributed by atoms with E-state index in [-0.39, 0.29) is 5.11 Å². The fourth-order valence-corrected chi connectivity index (χ4v) is 3.72. The molecule has 0 spiro atoms. The number of thiocarbonyl (C=S) groups is 1. The van der Waals surface area contributed by atoms with E-state index in [1.807, 2.05) is 23.6 Å². The lowest BCUT2D eigenvalue weighted by Crippen LogP contribution is -2.34. The molecular formula is C21H21N3O5S2. The summed E-state index contributed by atoms with van der Waals surface area (Å²) in [7, 11) is 6.18. The Bertz CT molecular complexity index is 1100.